The molecule has 0 spiro atoms. The second kappa shape index (κ2) is 11.1. The Morgan fingerprint density at radius 2 is 2.14 bits per heavy atom. The number of rotatable bonds is 6. The maximum atomic E-state index is 13.2. The lowest BCUT2D eigenvalue weighted by Gasteiger charge is -2.29. The molecule has 0 aliphatic heterocycles. The number of esters is 1. The van der Waals surface area contributed by atoms with Gasteiger partial charge in [0.1, 0.15) is 13.3 Å². The molecule has 1 aliphatic rings. The minimum atomic E-state index is -0.976. The highest BCUT2D eigenvalue weighted by atomic mass is 19.1. The summed E-state index contributed by atoms with van der Waals surface area (Å²) >= 11 is 0. The van der Waals surface area contributed by atoms with Gasteiger partial charge in [0.05, 0.1) is 5.41 Å². The van der Waals surface area contributed by atoms with Gasteiger partial charge in [-0.25, -0.2) is 4.39 Å². The highest BCUT2D eigenvalue weighted by Gasteiger charge is 2.39. The van der Waals surface area contributed by atoms with E-state index in [1.165, 1.54) is 0 Å². The number of allylic oxidation sites excluding steroid dienone is 5. The van der Waals surface area contributed by atoms with Crippen LogP contribution in [0, 0.1) is 5.41 Å². The van der Waals surface area contributed by atoms with Crippen molar-refractivity contribution in [1.82, 2.24) is 0 Å². The Morgan fingerprint density at radius 1 is 1.43 bits per heavy atom. The van der Waals surface area contributed by atoms with Crippen LogP contribution in [0.5, 0.6) is 0 Å². The Labute approximate surface area is 128 Å². The summed E-state index contributed by atoms with van der Waals surface area (Å²) in [5, 5.41) is 0. The van der Waals surface area contributed by atoms with Crippen molar-refractivity contribution < 1.29 is 13.9 Å². The van der Waals surface area contributed by atoms with Crippen molar-refractivity contribution in [2.24, 2.45) is 5.41 Å². The van der Waals surface area contributed by atoms with Gasteiger partial charge in [0, 0.05) is 0 Å². The minimum absolute atomic E-state index is 0.172. The minimum Gasteiger partial charge on any atom is -0.460 e. The molecule has 21 heavy (non-hydrogen) atoms. The predicted octanol–water partition coefficient (Wildman–Crippen LogP) is 4.94. The van der Waals surface area contributed by atoms with E-state index in [4.69, 9.17) is 4.74 Å². The lowest BCUT2D eigenvalue weighted by atomic mass is 9.78. The molecule has 0 saturated carbocycles. The van der Waals surface area contributed by atoms with Crippen molar-refractivity contribution in [2.75, 3.05) is 13.3 Å². The van der Waals surface area contributed by atoms with Gasteiger partial charge in [0.2, 0.25) is 0 Å². The quantitative estimate of drug-likeness (QED) is 0.394. The average Bonchev–Trinajstić information content (AvgIpc) is 2.57. The van der Waals surface area contributed by atoms with Gasteiger partial charge in [-0.1, -0.05) is 56.9 Å². The van der Waals surface area contributed by atoms with Gasteiger partial charge in [-0.05, 0) is 31.8 Å². The monoisotopic (exact) mass is 294 g/mol. The molecule has 0 saturated heterocycles. The van der Waals surface area contributed by atoms with E-state index in [1.54, 1.807) is 12.2 Å². The molecule has 0 aromatic carbocycles. The molecular formula is C18H27FO2. The van der Waals surface area contributed by atoms with Crippen LogP contribution in [0.25, 0.3) is 0 Å². The molecule has 0 aromatic heterocycles. The van der Waals surface area contributed by atoms with Gasteiger partial charge in [0.25, 0.3) is 0 Å². The highest BCUT2D eigenvalue weighted by molar-refractivity contribution is 5.77. The molecule has 1 aliphatic carbocycles. The summed E-state index contributed by atoms with van der Waals surface area (Å²) in [5.74, 6) is -0.439. The van der Waals surface area contributed by atoms with Crippen molar-refractivity contribution >= 4 is 5.97 Å². The second-order valence-corrected chi connectivity index (χ2v) is 4.66. The molecule has 1 atom stereocenters. The molecule has 0 heterocycles. The third kappa shape index (κ3) is 6.11. The fourth-order valence-electron chi connectivity index (χ4n) is 1.97. The van der Waals surface area contributed by atoms with Crippen molar-refractivity contribution in [1.29, 1.82) is 0 Å². The summed E-state index contributed by atoms with van der Waals surface area (Å²) in [4.78, 5) is 12.1. The van der Waals surface area contributed by atoms with Gasteiger partial charge in [0.15, 0.2) is 0 Å². The van der Waals surface area contributed by atoms with E-state index in [0.717, 1.165) is 12.0 Å². The number of carbonyl (C=O) groups is 1. The van der Waals surface area contributed by atoms with Crippen LogP contribution in [0.1, 0.15) is 40.0 Å². The van der Waals surface area contributed by atoms with Crippen molar-refractivity contribution in [3.05, 3.63) is 48.6 Å². The van der Waals surface area contributed by atoms with Gasteiger partial charge in [-0.15, -0.1) is 0 Å². The van der Waals surface area contributed by atoms with E-state index in [2.05, 4.69) is 6.58 Å². The molecule has 1 rings (SSSR count). The van der Waals surface area contributed by atoms with Gasteiger partial charge in [-0.2, -0.15) is 0 Å². The summed E-state index contributed by atoms with van der Waals surface area (Å²) in [6.07, 6.45) is 12.6. The second-order valence-electron chi connectivity index (χ2n) is 4.66. The molecule has 3 heteroatoms. The maximum Gasteiger partial charge on any atom is 0.315 e. The fraction of sp³-hybridized carbons (Fsp3) is 0.500. The van der Waals surface area contributed by atoms with Crippen molar-refractivity contribution in [3.8, 4) is 0 Å². The van der Waals surface area contributed by atoms with Gasteiger partial charge >= 0.3 is 5.97 Å². The fourth-order valence-corrected chi connectivity index (χ4v) is 1.97. The van der Waals surface area contributed by atoms with E-state index in [-0.39, 0.29) is 6.61 Å². The largest absolute Gasteiger partial charge is 0.460 e. The Morgan fingerprint density at radius 3 is 2.62 bits per heavy atom. The lowest BCUT2D eigenvalue weighted by Crippen LogP contribution is -2.36. The van der Waals surface area contributed by atoms with E-state index >= 15 is 0 Å². The predicted molar refractivity (Wildman–Crippen MR) is 86.8 cm³/mol. The molecule has 0 bridgehead atoms. The van der Waals surface area contributed by atoms with Crippen molar-refractivity contribution in [2.45, 2.75) is 40.0 Å². The van der Waals surface area contributed by atoms with E-state index in [0.29, 0.717) is 12.8 Å². The Hall–Kier alpha value is -1.64. The van der Waals surface area contributed by atoms with E-state index in [9.17, 15) is 9.18 Å². The molecule has 0 N–H and O–H groups in total. The number of carbonyl (C=O) groups excluding carboxylic acids is 1. The lowest BCUT2D eigenvalue weighted by molar-refractivity contribution is -0.156. The van der Waals surface area contributed by atoms with Crippen LogP contribution in [0.2, 0.25) is 0 Å². The molecule has 2 nitrogen and oxygen atoms in total. The number of ether oxygens (including phenoxy) is 1. The first kappa shape index (κ1) is 19.4. The van der Waals surface area contributed by atoms with E-state index < -0.39 is 18.1 Å². The summed E-state index contributed by atoms with van der Waals surface area (Å²) in [7, 11) is 0. The molecule has 0 aromatic rings. The average molecular weight is 294 g/mol. The Balaban J connectivity index is 0.00000191. The number of halogens is 1. The van der Waals surface area contributed by atoms with Crippen LogP contribution >= 0.6 is 0 Å². The molecule has 118 valence electrons. The van der Waals surface area contributed by atoms with Crippen LogP contribution in [-0.4, -0.2) is 19.3 Å². The molecule has 0 unspecified atom stereocenters. The van der Waals surface area contributed by atoms with E-state index in [1.807, 2.05) is 45.1 Å². The first-order valence-corrected chi connectivity index (χ1v) is 7.51. The van der Waals surface area contributed by atoms with Crippen LogP contribution in [0.4, 0.5) is 4.39 Å². The molecule has 0 amide bonds. The van der Waals surface area contributed by atoms with Gasteiger partial charge < -0.3 is 4.74 Å². The summed E-state index contributed by atoms with van der Waals surface area (Å²) < 4.78 is 18.5. The van der Waals surface area contributed by atoms with Crippen LogP contribution in [0.3, 0.4) is 0 Å². The van der Waals surface area contributed by atoms with Crippen LogP contribution in [-0.2, 0) is 9.53 Å². The SMILES string of the molecule is C=C/C=C\C(=C/C)COC(=O)[C@]1(CF)CC=CCC1.CC. The van der Waals surface area contributed by atoms with Gasteiger partial charge in [-0.3, -0.25) is 4.79 Å². The van der Waals surface area contributed by atoms with Crippen molar-refractivity contribution in [3.63, 3.8) is 0 Å². The summed E-state index contributed by atoms with van der Waals surface area (Å²) in [6.45, 7) is 8.96. The number of hydrogen-bond acceptors (Lipinski definition) is 2. The Bertz CT molecular complexity index is 407. The Kier molecular flexibility index (Phi) is 10.2. The number of hydrogen-bond donors (Lipinski definition) is 0. The zero-order valence-electron chi connectivity index (χ0n) is 13.4. The van der Waals surface area contributed by atoms with Crippen LogP contribution in [0.15, 0.2) is 48.6 Å². The summed E-state index contributed by atoms with van der Waals surface area (Å²) in [6, 6.07) is 0. The maximum absolute atomic E-state index is 13.2. The topological polar surface area (TPSA) is 26.3 Å². The zero-order valence-corrected chi connectivity index (χ0v) is 13.4. The normalized spacial score (nSPS) is 21.6. The third-order valence-electron chi connectivity index (χ3n) is 3.34. The molecule has 0 radical (unpaired) electrons. The zero-order chi connectivity index (χ0) is 16.1. The number of alkyl halides is 1. The third-order valence-corrected chi connectivity index (χ3v) is 3.34. The first-order chi connectivity index (χ1) is 10.2. The smallest absolute Gasteiger partial charge is 0.315 e. The standard InChI is InChI=1S/C16H21FO2.C2H6/c1-3-5-9-14(4-2)12-19-15(18)16(13-17)10-7-6-8-11-16;1-2/h3-7,9H,1,8,10-13H2,2H3;1-2H3/b9-5-,14-4+;/t16-;/m1./s1. The highest BCUT2D eigenvalue weighted by Crippen LogP contribution is 2.34. The van der Waals surface area contributed by atoms with Crippen LogP contribution < -0.4 is 0 Å². The summed E-state index contributed by atoms with van der Waals surface area (Å²) in [5.41, 5.74) is -0.107. The molecule has 0 fully saturated rings. The molecular weight excluding hydrogens is 267 g/mol. The first-order valence-electron chi connectivity index (χ1n) is 7.51.